The summed E-state index contributed by atoms with van der Waals surface area (Å²) in [6.45, 7) is 3.10. The Morgan fingerprint density at radius 3 is 1.44 bits per heavy atom. The van der Waals surface area contributed by atoms with Gasteiger partial charge in [0.1, 0.15) is 0 Å². The van der Waals surface area contributed by atoms with Crippen LogP contribution in [0.25, 0.3) is 0 Å². The van der Waals surface area contributed by atoms with E-state index >= 15 is 0 Å². The molecule has 102 valence electrons. The molecule has 0 radical (unpaired) electrons. The maximum absolute atomic E-state index is 10.2. The molecule has 0 aliphatic rings. The lowest BCUT2D eigenvalue weighted by Gasteiger charge is -1.93. The molecule has 8 nitrogen and oxygen atoms in total. The third-order valence-corrected chi connectivity index (χ3v) is 1.54. The Labute approximate surface area is 102 Å². The van der Waals surface area contributed by atoms with Crippen LogP contribution in [0.2, 0.25) is 0 Å². The first-order valence-corrected chi connectivity index (χ1v) is 4.84. The van der Waals surface area contributed by atoms with Gasteiger partial charge in [0.25, 0.3) is 0 Å². The lowest BCUT2D eigenvalue weighted by molar-refractivity contribution is -0.150. The number of aliphatic carboxylic acids is 3. The minimum atomic E-state index is -1.58. The Kier molecular flexibility index (Phi) is 8.91. The molecule has 0 heterocycles. The van der Waals surface area contributed by atoms with E-state index in [-0.39, 0.29) is 0 Å². The van der Waals surface area contributed by atoms with Gasteiger partial charge >= 0.3 is 17.9 Å². The van der Waals surface area contributed by atoms with Crippen molar-refractivity contribution in [3.05, 3.63) is 0 Å². The van der Waals surface area contributed by atoms with Gasteiger partial charge in [0.15, 0.2) is 0 Å². The predicted octanol–water partition coefficient (Wildman–Crippen LogP) is -0.199. The highest BCUT2D eigenvalue weighted by molar-refractivity contribution is 6.33. The molecule has 0 aromatic heterocycles. The van der Waals surface area contributed by atoms with E-state index < -0.39 is 48.2 Å². The fourth-order valence-corrected chi connectivity index (χ4v) is 0.574. The van der Waals surface area contributed by atoms with Crippen LogP contribution in [0.4, 0.5) is 0 Å². The molecule has 0 saturated heterocycles. The van der Waals surface area contributed by atoms with Crippen molar-refractivity contribution in [3.8, 4) is 0 Å². The molecule has 0 saturated carbocycles. The average molecular weight is 262 g/mol. The fourth-order valence-electron chi connectivity index (χ4n) is 0.574. The van der Waals surface area contributed by atoms with Crippen LogP contribution in [0.1, 0.15) is 26.7 Å². The Balaban J connectivity index is 0. The maximum atomic E-state index is 10.2. The molecule has 3 N–H and O–H groups in total. The lowest BCUT2D eigenvalue weighted by atomic mass is 10.1. The van der Waals surface area contributed by atoms with Gasteiger partial charge in [-0.3, -0.25) is 14.4 Å². The summed E-state index contributed by atoms with van der Waals surface area (Å²) < 4.78 is 0. The number of carbonyl (C=O) groups excluding carboxylic acids is 2. The van der Waals surface area contributed by atoms with Crippen LogP contribution in [-0.2, 0) is 24.0 Å². The molecule has 0 amide bonds. The largest absolute Gasteiger partial charge is 0.481 e. The number of carboxylic acid groups (broad SMARTS) is 3. The van der Waals surface area contributed by atoms with Gasteiger partial charge < -0.3 is 15.3 Å². The monoisotopic (exact) mass is 262 g/mol. The lowest BCUT2D eigenvalue weighted by Crippen LogP contribution is -2.18. The van der Waals surface area contributed by atoms with Gasteiger partial charge in [-0.2, -0.15) is 0 Å². The number of rotatable bonds is 6. The minimum Gasteiger partial charge on any atom is -0.481 e. The molecule has 0 bridgehead atoms. The van der Waals surface area contributed by atoms with Gasteiger partial charge in [-0.15, -0.1) is 0 Å². The van der Waals surface area contributed by atoms with Crippen LogP contribution in [0.15, 0.2) is 0 Å². The van der Waals surface area contributed by atoms with Gasteiger partial charge in [-0.05, 0) is 0 Å². The summed E-state index contributed by atoms with van der Waals surface area (Å²) in [7, 11) is 0. The maximum Gasteiger partial charge on any atom is 0.372 e. The van der Waals surface area contributed by atoms with Crippen molar-refractivity contribution in [3.63, 3.8) is 0 Å². The van der Waals surface area contributed by atoms with Crippen molar-refractivity contribution in [1.82, 2.24) is 0 Å². The number of hydrogen-bond donors (Lipinski definition) is 3. The number of hydrogen-bond acceptors (Lipinski definition) is 5. The number of carbonyl (C=O) groups is 5. The average Bonchev–Trinajstić information content (AvgIpc) is 2.24. The Hall–Kier alpha value is -2.25. The molecular formula is C10H14O8. The van der Waals surface area contributed by atoms with Gasteiger partial charge in [-0.1, -0.05) is 13.8 Å². The summed E-state index contributed by atoms with van der Waals surface area (Å²) in [5.74, 6) is -6.30. The summed E-state index contributed by atoms with van der Waals surface area (Å²) >= 11 is 0. The third kappa shape index (κ3) is 10.3. The molecule has 0 unspecified atom stereocenters. The zero-order chi connectivity index (χ0) is 14.9. The Morgan fingerprint density at radius 2 is 1.28 bits per heavy atom. The summed E-state index contributed by atoms with van der Waals surface area (Å²) in [5, 5.41) is 24.0. The summed E-state index contributed by atoms with van der Waals surface area (Å²) in [6.07, 6.45) is -0.865. The van der Waals surface area contributed by atoms with Crippen molar-refractivity contribution in [2.75, 3.05) is 0 Å². The van der Waals surface area contributed by atoms with Crippen molar-refractivity contribution >= 4 is 29.5 Å². The van der Waals surface area contributed by atoms with E-state index in [1.165, 1.54) is 0 Å². The predicted molar refractivity (Wildman–Crippen MR) is 57.0 cm³/mol. The molecule has 0 spiro atoms. The molecule has 8 heteroatoms. The SMILES string of the molecule is CC(C)C(=O)C(=O)O.O=C(O)CCC(=O)C(=O)O. The molecule has 0 aliphatic heterocycles. The van der Waals surface area contributed by atoms with Gasteiger partial charge in [-0.25, -0.2) is 9.59 Å². The van der Waals surface area contributed by atoms with Crippen LogP contribution in [0, 0.1) is 5.92 Å². The number of ketones is 2. The molecule has 0 fully saturated rings. The van der Waals surface area contributed by atoms with E-state index in [9.17, 15) is 24.0 Å². The van der Waals surface area contributed by atoms with Crippen molar-refractivity contribution in [1.29, 1.82) is 0 Å². The summed E-state index contributed by atoms with van der Waals surface area (Å²) in [6, 6.07) is 0. The number of carboxylic acids is 3. The fraction of sp³-hybridized carbons (Fsp3) is 0.500. The van der Waals surface area contributed by atoms with E-state index in [0.29, 0.717) is 0 Å². The third-order valence-electron chi connectivity index (χ3n) is 1.54. The molecular weight excluding hydrogens is 248 g/mol. The summed E-state index contributed by atoms with van der Waals surface area (Å²) in [4.78, 5) is 49.8. The van der Waals surface area contributed by atoms with E-state index in [2.05, 4.69) is 0 Å². The first kappa shape index (κ1) is 18.1. The highest BCUT2D eigenvalue weighted by atomic mass is 16.4. The Bertz CT molecular complexity index is 355. The van der Waals surface area contributed by atoms with Gasteiger partial charge in [0.2, 0.25) is 11.6 Å². The molecule has 0 aromatic carbocycles. The normalized spacial score (nSPS) is 9.06. The molecule has 0 rings (SSSR count). The molecule has 0 atom stereocenters. The second kappa shape index (κ2) is 8.85. The summed E-state index contributed by atoms with van der Waals surface area (Å²) in [5.41, 5.74) is 0. The Morgan fingerprint density at radius 1 is 0.833 bits per heavy atom. The highest BCUT2D eigenvalue weighted by Gasteiger charge is 2.14. The van der Waals surface area contributed by atoms with Crippen molar-refractivity contribution in [2.24, 2.45) is 5.92 Å². The topological polar surface area (TPSA) is 146 Å². The van der Waals surface area contributed by atoms with Gasteiger partial charge in [0.05, 0.1) is 6.42 Å². The van der Waals surface area contributed by atoms with Crippen LogP contribution < -0.4 is 0 Å². The molecule has 18 heavy (non-hydrogen) atoms. The smallest absolute Gasteiger partial charge is 0.372 e. The van der Waals surface area contributed by atoms with E-state index in [1.54, 1.807) is 13.8 Å². The minimum absolute atomic E-state index is 0.396. The zero-order valence-corrected chi connectivity index (χ0v) is 9.87. The molecule has 0 aromatic rings. The second-order valence-corrected chi connectivity index (χ2v) is 3.45. The van der Waals surface area contributed by atoms with Crippen LogP contribution in [0.5, 0.6) is 0 Å². The quantitative estimate of drug-likeness (QED) is 0.557. The van der Waals surface area contributed by atoms with Crippen molar-refractivity contribution in [2.45, 2.75) is 26.7 Å². The van der Waals surface area contributed by atoms with Crippen LogP contribution in [-0.4, -0.2) is 44.8 Å². The van der Waals surface area contributed by atoms with Crippen LogP contribution in [0.3, 0.4) is 0 Å². The first-order valence-electron chi connectivity index (χ1n) is 4.84. The first-order chi connectivity index (χ1) is 8.09. The van der Waals surface area contributed by atoms with Crippen LogP contribution >= 0.6 is 0 Å². The van der Waals surface area contributed by atoms with Gasteiger partial charge in [0, 0.05) is 12.3 Å². The van der Waals surface area contributed by atoms with E-state index in [0.717, 1.165) is 0 Å². The van der Waals surface area contributed by atoms with Crippen molar-refractivity contribution < 1.29 is 39.3 Å². The van der Waals surface area contributed by atoms with E-state index in [4.69, 9.17) is 15.3 Å². The zero-order valence-electron chi connectivity index (χ0n) is 9.87. The highest BCUT2D eigenvalue weighted by Crippen LogP contribution is 1.92. The second-order valence-electron chi connectivity index (χ2n) is 3.45. The molecule has 0 aliphatic carbocycles. The van der Waals surface area contributed by atoms with E-state index in [1.807, 2.05) is 0 Å². The number of Topliss-reactive ketones (excluding diaryl/α,β-unsaturated/α-hetero) is 2. The standard InChI is InChI=1S/C5H6O5.C5H8O3/c6-3(5(9)10)1-2-4(7)8;1-3(2)4(6)5(7)8/h1-2H2,(H,7,8)(H,9,10);3H,1-2H3,(H,7,8).